The quantitative estimate of drug-likeness (QED) is 0.908. The first kappa shape index (κ1) is 14.2. The first-order valence-electron chi connectivity index (χ1n) is 5.73. The van der Waals surface area contributed by atoms with Gasteiger partial charge in [0, 0.05) is 29.2 Å². The Labute approximate surface area is 111 Å². The van der Waals surface area contributed by atoms with E-state index in [0.717, 1.165) is 4.47 Å². The Morgan fingerprint density at radius 1 is 1.35 bits per heavy atom. The van der Waals surface area contributed by atoms with Crippen LogP contribution in [0.4, 0.5) is 0 Å². The van der Waals surface area contributed by atoms with E-state index in [0.29, 0.717) is 18.5 Å². The summed E-state index contributed by atoms with van der Waals surface area (Å²) in [5.41, 5.74) is 0.680. The SMILES string of the molecule is CC(C)N(CCCO)C(=O)c1ccc(Br)cc1. The third kappa shape index (κ3) is 4.13. The van der Waals surface area contributed by atoms with E-state index in [2.05, 4.69) is 15.9 Å². The number of halogens is 1. The second kappa shape index (κ2) is 6.77. The molecule has 1 aromatic carbocycles. The van der Waals surface area contributed by atoms with Crippen LogP contribution >= 0.6 is 15.9 Å². The van der Waals surface area contributed by atoms with E-state index < -0.39 is 0 Å². The summed E-state index contributed by atoms with van der Waals surface area (Å²) >= 11 is 3.34. The summed E-state index contributed by atoms with van der Waals surface area (Å²) in [5.74, 6) is 0.0148. The van der Waals surface area contributed by atoms with Crippen molar-refractivity contribution < 1.29 is 9.90 Å². The zero-order valence-corrected chi connectivity index (χ0v) is 11.8. The Hall–Kier alpha value is -0.870. The van der Waals surface area contributed by atoms with Gasteiger partial charge in [-0.15, -0.1) is 0 Å². The number of benzene rings is 1. The second-order valence-corrected chi connectivity index (χ2v) is 5.09. The Morgan fingerprint density at radius 2 is 1.94 bits per heavy atom. The molecule has 1 rings (SSSR count). The molecule has 0 spiro atoms. The molecule has 1 aromatic rings. The van der Waals surface area contributed by atoms with E-state index in [1.165, 1.54) is 0 Å². The second-order valence-electron chi connectivity index (χ2n) is 4.18. The van der Waals surface area contributed by atoms with Crippen LogP contribution in [0.15, 0.2) is 28.7 Å². The van der Waals surface area contributed by atoms with Crippen LogP contribution in [0.5, 0.6) is 0 Å². The highest BCUT2D eigenvalue weighted by Crippen LogP contribution is 2.14. The maximum absolute atomic E-state index is 12.2. The van der Waals surface area contributed by atoms with Gasteiger partial charge in [0.25, 0.3) is 5.91 Å². The third-order valence-corrected chi connectivity index (χ3v) is 3.06. The summed E-state index contributed by atoms with van der Waals surface area (Å²) in [6.07, 6.45) is 0.612. The van der Waals surface area contributed by atoms with Crippen molar-refractivity contribution in [2.45, 2.75) is 26.3 Å². The molecule has 0 saturated heterocycles. The van der Waals surface area contributed by atoms with Gasteiger partial charge in [-0.05, 0) is 44.5 Å². The molecule has 1 N–H and O–H groups in total. The molecule has 0 fully saturated rings. The molecule has 0 unspecified atom stereocenters. The van der Waals surface area contributed by atoms with Gasteiger partial charge in [0.2, 0.25) is 0 Å². The predicted molar refractivity (Wildman–Crippen MR) is 72.0 cm³/mol. The lowest BCUT2D eigenvalue weighted by atomic mass is 10.1. The Bertz CT molecular complexity index is 362. The Kier molecular flexibility index (Phi) is 5.65. The molecule has 0 aliphatic carbocycles. The van der Waals surface area contributed by atoms with Crippen LogP contribution in [0.25, 0.3) is 0 Å². The van der Waals surface area contributed by atoms with Gasteiger partial charge in [0.05, 0.1) is 0 Å². The highest BCUT2D eigenvalue weighted by Gasteiger charge is 2.17. The van der Waals surface area contributed by atoms with Crippen molar-refractivity contribution in [3.63, 3.8) is 0 Å². The van der Waals surface area contributed by atoms with Gasteiger partial charge < -0.3 is 10.0 Å². The number of rotatable bonds is 5. The standard InChI is InChI=1S/C13H18BrNO2/c1-10(2)15(8-3-9-16)13(17)11-4-6-12(14)7-5-11/h4-7,10,16H,3,8-9H2,1-2H3. The van der Waals surface area contributed by atoms with Gasteiger partial charge in [0.15, 0.2) is 0 Å². The molecule has 0 heterocycles. The first-order chi connectivity index (χ1) is 8.06. The summed E-state index contributed by atoms with van der Waals surface area (Å²) in [4.78, 5) is 14.0. The van der Waals surface area contributed by atoms with Crippen LogP contribution in [0.3, 0.4) is 0 Å². The number of nitrogens with zero attached hydrogens (tertiary/aromatic N) is 1. The third-order valence-electron chi connectivity index (χ3n) is 2.53. The van der Waals surface area contributed by atoms with Gasteiger partial charge >= 0.3 is 0 Å². The van der Waals surface area contributed by atoms with Gasteiger partial charge in [-0.3, -0.25) is 4.79 Å². The fourth-order valence-electron chi connectivity index (χ4n) is 1.59. The number of hydrogen-bond donors (Lipinski definition) is 1. The van der Waals surface area contributed by atoms with Crippen LogP contribution in [-0.4, -0.2) is 35.1 Å². The maximum Gasteiger partial charge on any atom is 0.254 e. The van der Waals surface area contributed by atoms with E-state index in [1.807, 2.05) is 26.0 Å². The molecular weight excluding hydrogens is 282 g/mol. The van der Waals surface area contributed by atoms with Crippen molar-refractivity contribution in [2.24, 2.45) is 0 Å². The zero-order chi connectivity index (χ0) is 12.8. The van der Waals surface area contributed by atoms with Gasteiger partial charge in [-0.1, -0.05) is 15.9 Å². The molecule has 0 aromatic heterocycles. The highest BCUT2D eigenvalue weighted by atomic mass is 79.9. The van der Waals surface area contributed by atoms with Gasteiger partial charge in [0.1, 0.15) is 0 Å². The lowest BCUT2D eigenvalue weighted by Gasteiger charge is -2.26. The molecule has 0 aliphatic heterocycles. The van der Waals surface area contributed by atoms with Crippen LogP contribution in [-0.2, 0) is 0 Å². The smallest absolute Gasteiger partial charge is 0.254 e. The van der Waals surface area contributed by atoms with E-state index in [4.69, 9.17) is 5.11 Å². The summed E-state index contributed by atoms with van der Waals surface area (Å²) in [7, 11) is 0. The van der Waals surface area contributed by atoms with Crippen molar-refractivity contribution >= 4 is 21.8 Å². The molecule has 94 valence electrons. The lowest BCUT2D eigenvalue weighted by molar-refractivity contribution is 0.0693. The summed E-state index contributed by atoms with van der Waals surface area (Å²) in [6.45, 7) is 4.65. The minimum atomic E-state index is 0.0148. The molecule has 0 saturated carbocycles. The summed E-state index contributed by atoms with van der Waals surface area (Å²) < 4.78 is 0.959. The summed E-state index contributed by atoms with van der Waals surface area (Å²) in [5, 5.41) is 8.84. The molecular formula is C13H18BrNO2. The van der Waals surface area contributed by atoms with Crippen LogP contribution < -0.4 is 0 Å². The molecule has 0 aliphatic rings. The Balaban J connectivity index is 2.80. The number of aliphatic hydroxyl groups is 1. The number of carbonyl (C=O) groups excluding carboxylic acids is 1. The maximum atomic E-state index is 12.2. The average molecular weight is 300 g/mol. The van der Waals surface area contributed by atoms with E-state index in [9.17, 15) is 4.79 Å². The monoisotopic (exact) mass is 299 g/mol. The van der Waals surface area contributed by atoms with E-state index in [1.54, 1.807) is 17.0 Å². The zero-order valence-electron chi connectivity index (χ0n) is 10.2. The molecule has 1 amide bonds. The molecule has 3 nitrogen and oxygen atoms in total. The van der Waals surface area contributed by atoms with Crippen molar-refractivity contribution in [3.8, 4) is 0 Å². The fraction of sp³-hybridized carbons (Fsp3) is 0.462. The van der Waals surface area contributed by atoms with Gasteiger partial charge in [-0.25, -0.2) is 0 Å². The summed E-state index contributed by atoms with van der Waals surface area (Å²) in [6, 6.07) is 7.47. The molecule has 4 heteroatoms. The van der Waals surface area contributed by atoms with Crippen LogP contribution in [0, 0.1) is 0 Å². The Morgan fingerprint density at radius 3 is 2.41 bits per heavy atom. The highest BCUT2D eigenvalue weighted by molar-refractivity contribution is 9.10. The van der Waals surface area contributed by atoms with Crippen molar-refractivity contribution in [1.29, 1.82) is 0 Å². The number of aliphatic hydroxyl groups excluding tert-OH is 1. The molecule has 17 heavy (non-hydrogen) atoms. The van der Waals surface area contributed by atoms with Crippen molar-refractivity contribution in [2.75, 3.05) is 13.2 Å². The van der Waals surface area contributed by atoms with Crippen molar-refractivity contribution in [1.82, 2.24) is 4.90 Å². The normalized spacial score (nSPS) is 10.6. The lowest BCUT2D eigenvalue weighted by Crippen LogP contribution is -2.38. The number of hydrogen-bond acceptors (Lipinski definition) is 2. The first-order valence-corrected chi connectivity index (χ1v) is 6.53. The minimum absolute atomic E-state index is 0.0148. The molecule has 0 atom stereocenters. The molecule has 0 radical (unpaired) electrons. The van der Waals surface area contributed by atoms with Crippen LogP contribution in [0.1, 0.15) is 30.6 Å². The van der Waals surface area contributed by atoms with Gasteiger partial charge in [-0.2, -0.15) is 0 Å². The molecule has 0 bridgehead atoms. The fourth-order valence-corrected chi connectivity index (χ4v) is 1.86. The largest absolute Gasteiger partial charge is 0.396 e. The average Bonchev–Trinajstić information content (AvgIpc) is 2.29. The predicted octanol–water partition coefficient (Wildman–Crippen LogP) is 2.68. The van der Waals surface area contributed by atoms with E-state index >= 15 is 0 Å². The topological polar surface area (TPSA) is 40.5 Å². The van der Waals surface area contributed by atoms with Crippen LogP contribution in [0.2, 0.25) is 0 Å². The number of amides is 1. The number of carbonyl (C=O) groups is 1. The van der Waals surface area contributed by atoms with Crippen molar-refractivity contribution in [3.05, 3.63) is 34.3 Å². The van der Waals surface area contributed by atoms with E-state index in [-0.39, 0.29) is 18.6 Å². The minimum Gasteiger partial charge on any atom is -0.396 e.